The highest BCUT2D eigenvalue weighted by Crippen LogP contribution is 2.20. The van der Waals surface area contributed by atoms with Gasteiger partial charge in [0.1, 0.15) is 12.4 Å². The molecule has 0 saturated heterocycles. The molecule has 0 amide bonds. The summed E-state index contributed by atoms with van der Waals surface area (Å²) in [4.78, 5) is 11.0. The van der Waals surface area contributed by atoms with Gasteiger partial charge in [0.15, 0.2) is 0 Å². The maximum atomic E-state index is 11.0. The van der Waals surface area contributed by atoms with E-state index in [1.54, 1.807) is 13.8 Å². The second-order valence-corrected chi connectivity index (χ2v) is 5.31. The lowest BCUT2D eigenvalue weighted by molar-refractivity contribution is -0.148. The fraction of sp³-hybridized carbons (Fsp3) is 0.500. The van der Waals surface area contributed by atoms with Gasteiger partial charge in [0.25, 0.3) is 0 Å². The predicted octanol–water partition coefficient (Wildman–Crippen LogP) is 2.07. The minimum atomic E-state index is -0.892. The third-order valence-corrected chi connectivity index (χ3v) is 2.63. The van der Waals surface area contributed by atoms with E-state index in [0.717, 1.165) is 12.0 Å². The number of aliphatic carboxylic acids is 1. The standard InChI is InChI=1S/C14H21NO3/c1-10(15)7-11-5-4-6-12(8-11)18-9-14(2,3)13(16)17/h4-6,8,10H,7,9,15H2,1-3H3,(H,16,17). The first-order valence-corrected chi connectivity index (χ1v) is 6.02. The molecule has 3 N–H and O–H groups in total. The minimum Gasteiger partial charge on any atom is -0.492 e. The Labute approximate surface area is 108 Å². The third-order valence-electron chi connectivity index (χ3n) is 2.63. The van der Waals surface area contributed by atoms with Crippen LogP contribution in [0.2, 0.25) is 0 Å². The Morgan fingerprint density at radius 3 is 2.72 bits per heavy atom. The maximum absolute atomic E-state index is 11.0. The monoisotopic (exact) mass is 251 g/mol. The Morgan fingerprint density at radius 2 is 2.17 bits per heavy atom. The second kappa shape index (κ2) is 5.87. The molecular formula is C14H21NO3. The van der Waals surface area contributed by atoms with Crippen molar-refractivity contribution in [1.82, 2.24) is 0 Å². The van der Waals surface area contributed by atoms with Gasteiger partial charge in [-0.3, -0.25) is 4.79 Å². The lowest BCUT2D eigenvalue weighted by Crippen LogP contribution is -2.30. The Bertz CT molecular complexity index is 413. The van der Waals surface area contributed by atoms with Gasteiger partial charge in [-0.1, -0.05) is 12.1 Å². The van der Waals surface area contributed by atoms with Crippen molar-refractivity contribution < 1.29 is 14.6 Å². The number of hydrogen-bond acceptors (Lipinski definition) is 3. The first-order valence-electron chi connectivity index (χ1n) is 6.02. The zero-order valence-electron chi connectivity index (χ0n) is 11.1. The smallest absolute Gasteiger partial charge is 0.312 e. The average molecular weight is 251 g/mol. The van der Waals surface area contributed by atoms with Crippen LogP contribution in [0.4, 0.5) is 0 Å². The topological polar surface area (TPSA) is 72.5 Å². The molecule has 0 saturated carbocycles. The molecule has 0 aromatic heterocycles. The number of carboxylic acids is 1. The van der Waals surface area contributed by atoms with Gasteiger partial charge in [0.2, 0.25) is 0 Å². The van der Waals surface area contributed by atoms with Gasteiger partial charge in [0.05, 0.1) is 5.41 Å². The van der Waals surface area contributed by atoms with Gasteiger partial charge in [-0.15, -0.1) is 0 Å². The van der Waals surface area contributed by atoms with Crippen LogP contribution in [-0.2, 0) is 11.2 Å². The van der Waals surface area contributed by atoms with Crippen LogP contribution in [0.1, 0.15) is 26.3 Å². The van der Waals surface area contributed by atoms with E-state index in [1.807, 2.05) is 31.2 Å². The largest absolute Gasteiger partial charge is 0.492 e. The van der Waals surface area contributed by atoms with Crippen LogP contribution in [0.3, 0.4) is 0 Å². The van der Waals surface area contributed by atoms with E-state index >= 15 is 0 Å². The van der Waals surface area contributed by atoms with Crippen molar-refractivity contribution in [1.29, 1.82) is 0 Å². The highest BCUT2D eigenvalue weighted by molar-refractivity contribution is 5.73. The quantitative estimate of drug-likeness (QED) is 0.811. The number of benzene rings is 1. The molecule has 1 aromatic rings. The summed E-state index contributed by atoms with van der Waals surface area (Å²) in [5.74, 6) is -0.184. The van der Waals surface area contributed by atoms with E-state index in [-0.39, 0.29) is 12.6 Å². The maximum Gasteiger partial charge on any atom is 0.312 e. The molecule has 1 aromatic carbocycles. The molecule has 4 nitrogen and oxygen atoms in total. The number of rotatable bonds is 6. The molecule has 18 heavy (non-hydrogen) atoms. The van der Waals surface area contributed by atoms with Crippen LogP contribution < -0.4 is 10.5 Å². The predicted molar refractivity (Wildman–Crippen MR) is 70.7 cm³/mol. The molecule has 1 atom stereocenters. The van der Waals surface area contributed by atoms with E-state index < -0.39 is 11.4 Å². The number of hydrogen-bond donors (Lipinski definition) is 2. The SMILES string of the molecule is CC(N)Cc1cccc(OCC(C)(C)C(=O)O)c1. The molecule has 1 unspecified atom stereocenters. The Kier molecular flexibility index (Phi) is 4.73. The first-order chi connectivity index (χ1) is 8.31. The summed E-state index contributed by atoms with van der Waals surface area (Å²) in [6.45, 7) is 5.37. The highest BCUT2D eigenvalue weighted by atomic mass is 16.5. The fourth-order valence-corrected chi connectivity index (χ4v) is 1.46. The lowest BCUT2D eigenvalue weighted by Gasteiger charge is -2.19. The van der Waals surface area contributed by atoms with E-state index in [4.69, 9.17) is 15.6 Å². The number of carboxylic acid groups (broad SMARTS) is 1. The van der Waals surface area contributed by atoms with Crippen LogP contribution in [-0.4, -0.2) is 23.7 Å². The van der Waals surface area contributed by atoms with Gasteiger partial charge < -0.3 is 15.6 Å². The average Bonchev–Trinajstić information content (AvgIpc) is 2.26. The normalized spacial score (nSPS) is 13.1. The molecule has 0 radical (unpaired) electrons. The third kappa shape index (κ3) is 4.37. The van der Waals surface area contributed by atoms with Gasteiger partial charge in [-0.25, -0.2) is 0 Å². The number of ether oxygens (including phenoxy) is 1. The zero-order valence-corrected chi connectivity index (χ0v) is 11.1. The second-order valence-electron chi connectivity index (χ2n) is 5.31. The van der Waals surface area contributed by atoms with Gasteiger partial charge in [-0.2, -0.15) is 0 Å². The zero-order chi connectivity index (χ0) is 13.8. The van der Waals surface area contributed by atoms with E-state index in [9.17, 15) is 4.79 Å². The van der Waals surface area contributed by atoms with Crippen LogP contribution in [0, 0.1) is 5.41 Å². The molecular weight excluding hydrogens is 230 g/mol. The summed E-state index contributed by atoms with van der Waals surface area (Å²) in [6, 6.07) is 7.69. The van der Waals surface area contributed by atoms with Crippen molar-refractivity contribution in [3.8, 4) is 5.75 Å². The van der Waals surface area contributed by atoms with Crippen LogP contribution in [0.5, 0.6) is 5.75 Å². The molecule has 0 aliphatic heterocycles. The number of nitrogens with two attached hydrogens (primary N) is 1. The Hall–Kier alpha value is -1.55. The van der Waals surface area contributed by atoms with Gasteiger partial charge in [-0.05, 0) is 44.9 Å². The summed E-state index contributed by atoms with van der Waals surface area (Å²) in [5, 5.41) is 9.00. The molecule has 0 aliphatic carbocycles. The van der Waals surface area contributed by atoms with E-state index in [0.29, 0.717) is 5.75 Å². The van der Waals surface area contributed by atoms with Crippen molar-refractivity contribution >= 4 is 5.97 Å². The summed E-state index contributed by atoms with van der Waals surface area (Å²) in [5.41, 5.74) is 5.94. The van der Waals surface area contributed by atoms with Crippen LogP contribution in [0.15, 0.2) is 24.3 Å². The molecule has 0 fully saturated rings. The van der Waals surface area contributed by atoms with Crippen molar-refractivity contribution in [2.75, 3.05) is 6.61 Å². The number of carbonyl (C=O) groups is 1. The Balaban J connectivity index is 2.65. The molecule has 0 bridgehead atoms. The van der Waals surface area contributed by atoms with Crippen molar-refractivity contribution in [3.05, 3.63) is 29.8 Å². The first kappa shape index (κ1) is 14.5. The molecule has 1 rings (SSSR count). The van der Waals surface area contributed by atoms with Gasteiger partial charge >= 0.3 is 5.97 Å². The minimum absolute atomic E-state index is 0.0933. The Morgan fingerprint density at radius 1 is 1.50 bits per heavy atom. The lowest BCUT2D eigenvalue weighted by atomic mass is 9.95. The molecule has 0 spiro atoms. The van der Waals surface area contributed by atoms with Crippen molar-refractivity contribution in [2.24, 2.45) is 11.1 Å². The fourth-order valence-electron chi connectivity index (χ4n) is 1.46. The summed E-state index contributed by atoms with van der Waals surface area (Å²) < 4.78 is 5.53. The van der Waals surface area contributed by atoms with Crippen molar-refractivity contribution in [2.45, 2.75) is 33.2 Å². The van der Waals surface area contributed by atoms with Crippen LogP contribution >= 0.6 is 0 Å². The molecule has 0 heterocycles. The van der Waals surface area contributed by atoms with E-state index in [2.05, 4.69) is 0 Å². The summed E-state index contributed by atoms with van der Waals surface area (Å²) >= 11 is 0. The van der Waals surface area contributed by atoms with E-state index in [1.165, 1.54) is 0 Å². The summed E-state index contributed by atoms with van der Waals surface area (Å²) in [7, 11) is 0. The van der Waals surface area contributed by atoms with Crippen molar-refractivity contribution in [3.63, 3.8) is 0 Å². The summed E-state index contributed by atoms with van der Waals surface area (Å²) in [6.07, 6.45) is 0.777. The highest BCUT2D eigenvalue weighted by Gasteiger charge is 2.28. The molecule has 100 valence electrons. The molecule has 0 aliphatic rings. The van der Waals surface area contributed by atoms with Crippen LogP contribution in [0.25, 0.3) is 0 Å². The van der Waals surface area contributed by atoms with Gasteiger partial charge in [0, 0.05) is 6.04 Å². The molecule has 4 heteroatoms.